The molecule has 0 aromatic rings. The van der Waals surface area contributed by atoms with Crippen LogP contribution in [0, 0.1) is 5.92 Å². The first-order valence-corrected chi connectivity index (χ1v) is 5.50. The van der Waals surface area contributed by atoms with Crippen molar-refractivity contribution < 1.29 is 9.59 Å². The fourth-order valence-electron chi connectivity index (χ4n) is 2.26. The van der Waals surface area contributed by atoms with Crippen molar-refractivity contribution in [2.24, 2.45) is 5.92 Å². The molecule has 0 unspecified atom stereocenters. The summed E-state index contributed by atoms with van der Waals surface area (Å²) in [6.45, 7) is 3.73. The molecular weight excluding hydrogens is 194 g/mol. The average molecular weight is 211 g/mol. The van der Waals surface area contributed by atoms with E-state index in [-0.39, 0.29) is 11.8 Å². The zero-order valence-corrected chi connectivity index (χ0v) is 8.79. The topological polar surface area (TPSA) is 61.4 Å². The molecule has 0 aliphatic carbocycles. The van der Waals surface area contributed by atoms with Gasteiger partial charge in [0, 0.05) is 6.54 Å². The third-order valence-corrected chi connectivity index (χ3v) is 2.99. The molecule has 2 saturated heterocycles. The molecule has 2 aliphatic rings. The third kappa shape index (κ3) is 3.00. The number of hydrogen-bond acceptors (Lipinski definition) is 4. The van der Waals surface area contributed by atoms with Crippen LogP contribution in [0.25, 0.3) is 0 Å². The van der Waals surface area contributed by atoms with Crippen LogP contribution < -0.4 is 10.6 Å². The number of piperazine rings is 1. The number of hydrogen-bond donors (Lipinski definition) is 2. The van der Waals surface area contributed by atoms with Crippen molar-refractivity contribution >= 4 is 11.8 Å². The van der Waals surface area contributed by atoms with Crippen molar-refractivity contribution in [1.29, 1.82) is 0 Å². The van der Waals surface area contributed by atoms with Crippen LogP contribution in [0.1, 0.15) is 12.8 Å². The van der Waals surface area contributed by atoms with E-state index in [0.717, 1.165) is 32.5 Å². The number of imide groups is 1. The Hall–Kier alpha value is -0.940. The minimum Gasteiger partial charge on any atom is -0.317 e. The molecule has 0 atom stereocenters. The van der Waals surface area contributed by atoms with Crippen molar-refractivity contribution in [3.05, 3.63) is 0 Å². The molecule has 84 valence electrons. The molecule has 0 spiro atoms. The van der Waals surface area contributed by atoms with Gasteiger partial charge in [-0.25, -0.2) is 0 Å². The Morgan fingerprint density at radius 2 is 1.73 bits per heavy atom. The third-order valence-electron chi connectivity index (χ3n) is 2.99. The maximum atomic E-state index is 11.1. The summed E-state index contributed by atoms with van der Waals surface area (Å²) in [4.78, 5) is 24.2. The Bertz CT molecular complexity index is 245. The van der Waals surface area contributed by atoms with E-state index < -0.39 is 0 Å². The summed E-state index contributed by atoms with van der Waals surface area (Å²) in [6.07, 6.45) is 2.29. The van der Waals surface area contributed by atoms with Crippen molar-refractivity contribution in [2.75, 3.05) is 32.7 Å². The van der Waals surface area contributed by atoms with Crippen molar-refractivity contribution in [3.8, 4) is 0 Å². The van der Waals surface area contributed by atoms with Crippen LogP contribution in [-0.2, 0) is 9.59 Å². The summed E-state index contributed by atoms with van der Waals surface area (Å²) in [5, 5.41) is 5.62. The second kappa shape index (κ2) is 4.72. The summed E-state index contributed by atoms with van der Waals surface area (Å²) >= 11 is 0. The second-order valence-electron chi connectivity index (χ2n) is 4.33. The average Bonchev–Trinajstić information content (AvgIpc) is 2.17. The zero-order valence-electron chi connectivity index (χ0n) is 8.79. The summed E-state index contributed by atoms with van der Waals surface area (Å²) < 4.78 is 0. The van der Waals surface area contributed by atoms with Gasteiger partial charge < -0.3 is 5.32 Å². The summed E-state index contributed by atoms with van der Waals surface area (Å²) in [6, 6.07) is 0. The maximum absolute atomic E-state index is 11.1. The van der Waals surface area contributed by atoms with E-state index in [9.17, 15) is 9.59 Å². The predicted octanol–water partition coefficient (Wildman–Crippen LogP) is -1.06. The number of nitrogens with one attached hydrogen (secondary N) is 2. The monoisotopic (exact) mass is 211 g/mol. The molecule has 2 rings (SSSR count). The maximum Gasteiger partial charge on any atom is 0.240 e. The Labute approximate surface area is 89.2 Å². The minimum atomic E-state index is -0.166. The van der Waals surface area contributed by atoms with E-state index in [1.165, 1.54) is 0 Å². The number of piperidine rings is 1. The summed E-state index contributed by atoms with van der Waals surface area (Å²) in [7, 11) is 0. The van der Waals surface area contributed by atoms with E-state index in [4.69, 9.17) is 0 Å². The van der Waals surface area contributed by atoms with Crippen LogP contribution in [-0.4, -0.2) is 49.4 Å². The van der Waals surface area contributed by atoms with Crippen LogP contribution in [0.5, 0.6) is 0 Å². The van der Waals surface area contributed by atoms with Crippen LogP contribution >= 0.6 is 0 Å². The van der Waals surface area contributed by atoms with Gasteiger partial charge in [0.2, 0.25) is 11.8 Å². The molecule has 2 heterocycles. The fourth-order valence-corrected chi connectivity index (χ4v) is 2.26. The van der Waals surface area contributed by atoms with Crippen LogP contribution in [0.4, 0.5) is 0 Å². The second-order valence-corrected chi connectivity index (χ2v) is 4.33. The molecule has 2 aliphatic heterocycles. The van der Waals surface area contributed by atoms with Crippen molar-refractivity contribution in [3.63, 3.8) is 0 Å². The van der Waals surface area contributed by atoms with Gasteiger partial charge in [0.15, 0.2) is 0 Å². The molecule has 0 bridgehead atoms. The summed E-state index contributed by atoms with van der Waals surface area (Å²) in [5.41, 5.74) is 0. The quantitative estimate of drug-likeness (QED) is 0.572. The first-order valence-electron chi connectivity index (χ1n) is 5.50. The zero-order chi connectivity index (χ0) is 10.7. The van der Waals surface area contributed by atoms with Gasteiger partial charge in [-0.05, 0) is 31.8 Å². The van der Waals surface area contributed by atoms with Gasteiger partial charge in [0.1, 0.15) is 0 Å². The highest BCUT2D eigenvalue weighted by Crippen LogP contribution is 2.13. The molecule has 15 heavy (non-hydrogen) atoms. The van der Waals surface area contributed by atoms with E-state index in [1.807, 2.05) is 4.90 Å². The van der Waals surface area contributed by atoms with E-state index >= 15 is 0 Å². The molecule has 2 amide bonds. The van der Waals surface area contributed by atoms with Crippen LogP contribution in [0.3, 0.4) is 0 Å². The Morgan fingerprint density at radius 3 is 2.33 bits per heavy atom. The Balaban J connectivity index is 1.82. The summed E-state index contributed by atoms with van der Waals surface area (Å²) in [5.74, 6) is 0.297. The molecule has 0 aromatic carbocycles. The van der Waals surface area contributed by atoms with Gasteiger partial charge in [-0.2, -0.15) is 0 Å². The molecular formula is C10H17N3O2. The van der Waals surface area contributed by atoms with Crippen molar-refractivity contribution in [2.45, 2.75) is 12.8 Å². The van der Waals surface area contributed by atoms with E-state index in [0.29, 0.717) is 19.0 Å². The molecule has 0 radical (unpaired) electrons. The van der Waals surface area contributed by atoms with Crippen LogP contribution in [0.15, 0.2) is 0 Å². The minimum absolute atomic E-state index is 0.166. The standard InChI is InChI=1S/C10H17N3O2/c14-9-6-13(7-10(15)12-9)5-8-1-3-11-4-2-8/h8,11H,1-7H2,(H,12,14,15). The predicted molar refractivity (Wildman–Crippen MR) is 55.2 cm³/mol. The lowest BCUT2D eigenvalue weighted by atomic mass is 9.97. The van der Waals surface area contributed by atoms with Gasteiger partial charge in [-0.15, -0.1) is 0 Å². The van der Waals surface area contributed by atoms with E-state index in [1.54, 1.807) is 0 Å². The highest BCUT2D eigenvalue weighted by atomic mass is 16.2. The molecule has 5 nitrogen and oxygen atoms in total. The molecule has 0 aromatic heterocycles. The highest BCUT2D eigenvalue weighted by Gasteiger charge is 2.25. The lowest BCUT2D eigenvalue weighted by Crippen LogP contribution is -2.52. The number of rotatable bonds is 2. The normalized spacial score (nSPS) is 25.3. The molecule has 2 fully saturated rings. The number of carbonyl (C=O) groups excluding carboxylic acids is 2. The van der Waals surface area contributed by atoms with Gasteiger partial charge in [-0.3, -0.25) is 19.8 Å². The number of carbonyl (C=O) groups is 2. The van der Waals surface area contributed by atoms with Crippen molar-refractivity contribution in [1.82, 2.24) is 15.5 Å². The fraction of sp³-hybridized carbons (Fsp3) is 0.800. The first-order chi connectivity index (χ1) is 7.24. The lowest BCUT2D eigenvalue weighted by molar-refractivity contribution is -0.136. The molecule has 2 N–H and O–H groups in total. The largest absolute Gasteiger partial charge is 0.317 e. The van der Waals surface area contributed by atoms with Crippen LogP contribution in [0.2, 0.25) is 0 Å². The smallest absolute Gasteiger partial charge is 0.240 e. The first kappa shape index (κ1) is 10.6. The van der Waals surface area contributed by atoms with Gasteiger partial charge >= 0.3 is 0 Å². The Kier molecular flexibility index (Phi) is 3.33. The molecule has 5 heteroatoms. The number of amides is 2. The van der Waals surface area contributed by atoms with Gasteiger partial charge in [0.05, 0.1) is 13.1 Å². The van der Waals surface area contributed by atoms with Gasteiger partial charge in [-0.1, -0.05) is 0 Å². The highest BCUT2D eigenvalue weighted by molar-refractivity contribution is 5.99. The molecule has 0 saturated carbocycles. The Morgan fingerprint density at radius 1 is 1.13 bits per heavy atom. The lowest BCUT2D eigenvalue weighted by Gasteiger charge is -2.31. The SMILES string of the molecule is O=C1CN(CC2CCNCC2)CC(=O)N1. The van der Waals surface area contributed by atoms with Gasteiger partial charge in [0.25, 0.3) is 0 Å². The van der Waals surface area contributed by atoms with E-state index in [2.05, 4.69) is 10.6 Å². The number of nitrogens with zero attached hydrogens (tertiary/aromatic N) is 1.